The Bertz CT molecular complexity index is 360. The number of hydrogen-bond donors (Lipinski definition) is 1. The second-order valence-electron chi connectivity index (χ2n) is 4.06. The van der Waals surface area contributed by atoms with Crippen molar-refractivity contribution in [3.05, 3.63) is 5.89 Å². The summed E-state index contributed by atoms with van der Waals surface area (Å²) in [5.41, 5.74) is 0. The number of aromatic nitrogens is 2. The van der Waals surface area contributed by atoms with E-state index in [2.05, 4.69) is 10.2 Å². The number of halogens is 1. The summed E-state index contributed by atoms with van der Waals surface area (Å²) in [6.07, 6.45) is 0.367. The van der Waals surface area contributed by atoms with Crippen molar-refractivity contribution in [2.45, 2.75) is 25.5 Å². The second-order valence-corrected chi connectivity index (χ2v) is 4.43. The summed E-state index contributed by atoms with van der Waals surface area (Å²) in [4.78, 5) is 1.95. The molecule has 0 spiro atoms. The Morgan fingerprint density at radius 1 is 1.53 bits per heavy atom. The zero-order valence-electron chi connectivity index (χ0n) is 9.67. The fourth-order valence-electron chi connectivity index (χ4n) is 1.74. The third kappa shape index (κ3) is 2.88. The molecule has 17 heavy (non-hydrogen) atoms. The first kappa shape index (κ1) is 12.6. The summed E-state index contributed by atoms with van der Waals surface area (Å²) in [7, 11) is 0. The molecule has 96 valence electrons. The van der Waals surface area contributed by atoms with Crippen molar-refractivity contribution < 1.29 is 14.3 Å². The van der Waals surface area contributed by atoms with Gasteiger partial charge in [0.1, 0.15) is 0 Å². The van der Waals surface area contributed by atoms with Gasteiger partial charge in [-0.25, -0.2) is 0 Å². The van der Waals surface area contributed by atoms with Crippen LogP contribution in [-0.4, -0.2) is 53.1 Å². The molecule has 6 nitrogen and oxygen atoms in total. The number of ether oxygens (including phenoxy) is 1. The van der Waals surface area contributed by atoms with E-state index in [9.17, 15) is 0 Å². The van der Waals surface area contributed by atoms with Crippen LogP contribution in [0.25, 0.3) is 0 Å². The summed E-state index contributed by atoms with van der Waals surface area (Å²) in [5.74, 6) is 0.994. The summed E-state index contributed by atoms with van der Waals surface area (Å²) in [6.45, 7) is 3.10. The third-order valence-corrected chi connectivity index (χ3v) is 2.91. The summed E-state index contributed by atoms with van der Waals surface area (Å²) in [6, 6.07) is 0.626. The molecule has 1 N–H and O–H groups in total. The number of rotatable bonds is 4. The maximum Gasteiger partial charge on any atom is 0.318 e. The van der Waals surface area contributed by atoms with Gasteiger partial charge in [-0.15, -0.1) is 16.7 Å². The predicted octanol–water partition coefficient (Wildman–Crippen LogP) is 0.437. The van der Waals surface area contributed by atoms with E-state index in [0.29, 0.717) is 37.4 Å². The normalized spacial score (nSPS) is 25.2. The third-order valence-electron chi connectivity index (χ3n) is 2.72. The smallest absolute Gasteiger partial charge is 0.318 e. The Morgan fingerprint density at radius 2 is 2.35 bits per heavy atom. The lowest BCUT2D eigenvalue weighted by atomic mass is 10.2. The molecule has 1 aliphatic rings. The molecule has 0 amide bonds. The van der Waals surface area contributed by atoms with Crippen LogP contribution in [0.5, 0.6) is 0 Å². The Labute approximate surface area is 105 Å². The van der Waals surface area contributed by atoms with Crippen LogP contribution in [0.1, 0.15) is 12.8 Å². The maximum atomic E-state index is 9.10. The van der Waals surface area contributed by atoms with Crippen molar-refractivity contribution in [2.24, 2.45) is 0 Å². The number of anilines is 1. The summed E-state index contributed by atoms with van der Waals surface area (Å²) >= 11 is 5.61. The fraction of sp³-hybridized carbons (Fsp3) is 0.800. The highest BCUT2D eigenvalue weighted by atomic mass is 35.5. The number of morpholine rings is 1. The van der Waals surface area contributed by atoms with Gasteiger partial charge in [0, 0.05) is 12.3 Å². The van der Waals surface area contributed by atoms with E-state index in [1.165, 1.54) is 0 Å². The van der Waals surface area contributed by atoms with Crippen molar-refractivity contribution in [1.82, 2.24) is 10.2 Å². The molecule has 1 aromatic heterocycles. The van der Waals surface area contributed by atoms with E-state index in [4.69, 9.17) is 25.9 Å². The minimum absolute atomic E-state index is 0.00804. The average Bonchev–Trinajstić information content (AvgIpc) is 2.79. The minimum atomic E-state index is -0.199. The Balaban J connectivity index is 2.07. The molecule has 1 saturated heterocycles. The molecular formula is C10H16ClN3O3. The molecule has 2 rings (SSSR count). The van der Waals surface area contributed by atoms with E-state index < -0.39 is 0 Å². The monoisotopic (exact) mass is 261 g/mol. The Kier molecular flexibility index (Phi) is 4.20. The lowest BCUT2D eigenvalue weighted by Gasteiger charge is -2.35. The van der Waals surface area contributed by atoms with Gasteiger partial charge in [-0.2, -0.15) is 0 Å². The van der Waals surface area contributed by atoms with Crippen LogP contribution >= 0.6 is 11.6 Å². The van der Waals surface area contributed by atoms with Crippen molar-refractivity contribution in [1.29, 1.82) is 0 Å². The molecule has 0 bridgehead atoms. The summed E-state index contributed by atoms with van der Waals surface area (Å²) < 4.78 is 11.0. The van der Waals surface area contributed by atoms with Crippen LogP contribution in [-0.2, 0) is 11.2 Å². The number of aliphatic hydroxyl groups is 1. The molecule has 0 radical (unpaired) electrons. The van der Waals surface area contributed by atoms with E-state index in [0.717, 1.165) is 0 Å². The standard InChI is InChI=1S/C10H16ClN3O3/c1-7-6-16-8(5-15)4-14(7)10-13-12-9(17-10)2-3-11/h7-8,15H,2-6H2,1H3. The largest absolute Gasteiger partial charge is 0.408 e. The van der Waals surface area contributed by atoms with E-state index in [1.54, 1.807) is 0 Å². The van der Waals surface area contributed by atoms with Gasteiger partial charge in [0.2, 0.25) is 5.89 Å². The summed E-state index contributed by atoms with van der Waals surface area (Å²) in [5, 5.41) is 17.0. The number of nitrogens with zero attached hydrogens (tertiary/aromatic N) is 3. The van der Waals surface area contributed by atoms with Crippen LogP contribution in [0.4, 0.5) is 6.01 Å². The molecule has 7 heteroatoms. The van der Waals surface area contributed by atoms with Gasteiger partial charge in [-0.05, 0) is 6.92 Å². The molecule has 0 aliphatic carbocycles. The maximum absolute atomic E-state index is 9.10. The quantitative estimate of drug-likeness (QED) is 0.793. The first-order chi connectivity index (χ1) is 8.24. The van der Waals surface area contributed by atoms with Crippen LogP contribution in [0.15, 0.2) is 4.42 Å². The number of alkyl halides is 1. The first-order valence-electron chi connectivity index (χ1n) is 5.62. The number of hydrogen-bond acceptors (Lipinski definition) is 6. The molecule has 1 aliphatic heterocycles. The number of aliphatic hydroxyl groups excluding tert-OH is 1. The SMILES string of the molecule is CC1COC(CO)CN1c1nnc(CCCl)o1. The van der Waals surface area contributed by atoms with Gasteiger partial charge in [0.05, 0.1) is 31.9 Å². The van der Waals surface area contributed by atoms with E-state index in [-0.39, 0.29) is 18.8 Å². The van der Waals surface area contributed by atoms with E-state index >= 15 is 0 Å². The molecule has 0 saturated carbocycles. The minimum Gasteiger partial charge on any atom is -0.408 e. The van der Waals surface area contributed by atoms with Crippen molar-refractivity contribution in [3.63, 3.8) is 0 Å². The van der Waals surface area contributed by atoms with Crippen molar-refractivity contribution in [2.75, 3.05) is 30.5 Å². The molecule has 0 aromatic carbocycles. The molecule has 2 heterocycles. The Hall–Kier alpha value is -0.850. The lowest BCUT2D eigenvalue weighted by molar-refractivity contribution is -0.0118. The van der Waals surface area contributed by atoms with Crippen molar-refractivity contribution >= 4 is 17.6 Å². The van der Waals surface area contributed by atoms with Crippen LogP contribution in [0.2, 0.25) is 0 Å². The molecule has 2 unspecified atom stereocenters. The second kappa shape index (κ2) is 5.66. The molecule has 1 fully saturated rings. The molecular weight excluding hydrogens is 246 g/mol. The molecule has 2 atom stereocenters. The van der Waals surface area contributed by atoms with Crippen molar-refractivity contribution in [3.8, 4) is 0 Å². The highest BCUT2D eigenvalue weighted by molar-refractivity contribution is 6.17. The predicted molar refractivity (Wildman–Crippen MR) is 62.4 cm³/mol. The van der Waals surface area contributed by atoms with Crippen LogP contribution in [0, 0.1) is 0 Å². The van der Waals surface area contributed by atoms with Crippen LogP contribution in [0.3, 0.4) is 0 Å². The number of aryl methyl sites for hydroxylation is 1. The highest BCUT2D eigenvalue weighted by Gasteiger charge is 2.29. The first-order valence-corrected chi connectivity index (χ1v) is 6.15. The van der Waals surface area contributed by atoms with Gasteiger partial charge in [0.15, 0.2) is 0 Å². The zero-order chi connectivity index (χ0) is 12.3. The van der Waals surface area contributed by atoms with Crippen LogP contribution < -0.4 is 4.90 Å². The van der Waals surface area contributed by atoms with Gasteiger partial charge in [0.25, 0.3) is 0 Å². The Morgan fingerprint density at radius 3 is 3.06 bits per heavy atom. The molecule has 1 aromatic rings. The van der Waals surface area contributed by atoms with Gasteiger partial charge in [-0.3, -0.25) is 0 Å². The van der Waals surface area contributed by atoms with E-state index in [1.807, 2.05) is 11.8 Å². The van der Waals surface area contributed by atoms with Gasteiger partial charge < -0.3 is 19.2 Å². The topological polar surface area (TPSA) is 71.6 Å². The van der Waals surface area contributed by atoms with Gasteiger partial charge in [-0.1, -0.05) is 5.10 Å². The average molecular weight is 262 g/mol. The lowest BCUT2D eigenvalue weighted by Crippen LogP contribution is -2.49. The fourth-order valence-corrected chi connectivity index (χ4v) is 1.90. The van der Waals surface area contributed by atoms with Gasteiger partial charge >= 0.3 is 6.01 Å². The zero-order valence-corrected chi connectivity index (χ0v) is 10.4. The highest BCUT2D eigenvalue weighted by Crippen LogP contribution is 2.20.